The average Bonchev–Trinajstić information content (AvgIpc) is 2.75. The fraction of sp³-hybridized carbons (Fsp3) is 0.520. The first-order valence-electron chi connectivity index (χ1n) is 10.9. The predicted molar refractivity (Wildman–Crippen MR) is 119 cm³/mol. The van der Waals surface area contributed by atoms with Crippen molar-refractivity contribution >= 4 is 0 Å². The van der Waals surface area contributed by atoms with Gasteiger partial charge in [-0.15, -0.1) is 0 Å². The van der Waals surface area contributed by atoms with E-state index in [1.807, 2.05) is 6.07 Å². The summed E-state index contributed by atoms with van der Waals surface area (Å²) in [5, 5.41) is 3.54. The number of nitrogens with zero attached hydrogens (tertiary/aromatic N) is 1. The molecular weight excluding hydrogens is 360 g/mol. The van der Waals surface area contributed by atoms with E-state index >= 15 is 0 Å². The number of nitrogens with one attached hydrogen (secondary N) is 1. The third kappa shape index (κ3) is 7.14. The summed E-state index contributed by atoms with van der Waals surface area (Å²) in [6, 6.07) is 17.9. The van der Waals surface area contributed by atoms with Crippen LogP contribution in [-0.4, -0.2) is 44.4 Å². The van der Waals surface area contributed by atoms with Crippen molar-refractivity contribution in [1.29, 1.82) is 0 Å². The van der Waals surface area contributed by atoms with Crippen LogP contribution in [0.25, 0.3) is 0 Å². The van der Waals surface area contributed by atoms with E-state index in [1.54, 1.807) is 0 Å². The predicted octanol–water partition coefficient (Wildman–Crippen LogP) is 4.59. The van der Waals surface area contributed by atoms with Gasteiger partial charge in [0.1, 0.15) is 12.4 Å². The van der Waals surface area contributed by atoms with E-state index in [2.05, 4.69) is 73.6 Å². The topological polar surface area (TPSA) is 33.7 Å². The molecule has 158 valence electrons. The lowest BCUT2D eigenvalue weighted by Crippen LogP contribution is -2.38. The summed E-state index contributed by atoms with van der Waals surface area (Å²) in [5.74, 6) is 1.53. The number of benzene rings is 2. The van der Waals surface area contributed by atoms with Gasteiger partial charge < -0.3 is 14.8 Å². The van der Waals surface area contributed by atoms with Gasteiger partial charge in [0.05, 0.1) is 0 Å². The zero-order valence-corrected chi connectivity index (χ0v) is 18.2. The van der Waals surface area contributed by atoms with Gasteiger partial charge >= 0.3 is 0 Å². The van der Waals surface area contributed by atoms with Crippen LogP contribution in [0.2, 0.25) is 0 Å². The maximum absolute atomic E-state index is 6.01. The highest BCUT2D eigenvalue weighted by molar-refractivity contribution is 5.29. The zero-order chi connectivity index (χ0) is 20.5. The molecule has 4 heteroatoms. The van der Waals surface area contributed by atoms with Crippen molar-refractivity contribution in [2.24, 2.45) is 0 Å². The second-order valence-electron chi connectivity index (χ2n) is 8.32. The Hall–Kier alpha value is -1.88. The Morgan fingerprint density at radius 1 is 1.03 bits per heavy atom. The minimum atomic E-state index is 0.580. The number of hydrogen-bond donors (Lipinski definition) is 1. The molecular formula is C25H36N2O2. The fourth-order valence-electron chi connectivity index (χ4n) is 3.73. The minimum Gasteiger partial charge on any atom is -0.492 e. The molecule has 0 unspecified atom stereocenters. The summed E-state index contributed by atoms with van der Waals surface area (Å²) in [4.78, 5) is 2.40. The highest BCUT2D eigenvalue weighted by Crippen LogP contribution is 2.16. The molecule has 0 bridgehead atoms. The Bertz CT molecular complexity index is 724. The molecule has 1 saturated heterocycles. The van der Waals surface area contributed by atoms with Gasteiger partial charge in [-0.2, -0.15) is 0 Å². The standard InChI is InChI=1S/C25H36N2O2/c1-20(2)23-9-7-21(8-10-23)18-26-19-22-5-4-6-25(17-22)29-16-13-27(3)24-11-14-28-15-12-24/h4-10,17,20,24,26H,11-16,18-19H2,1-3H3. The molecule has 1 heterocycles. The first-order valence-corrected chi connectivity index (χ1v) is 10.9. The Labute approximate surface area is 176 Å². The lowest BCUT2D eigenvalue weighted by atomic mass is 10.0. The van der Waals surface area contributed by atoms with Crippen LogP contribution >= 0.6 is 0 Å². The molecule has 29 heavy (non-hydrogen) atoms. The molecule has 1 fully saturated rings. The first kappa shape index (κ1) is 21.8. The van der Waals surface area contributed by atoms with Gasteiger partial charge in [-0.25, -0.2) is 0 Å². The largest absolute Gasteiger partial charge is 0.492 e. The summed E-state index contributed by atoms with van der Waals surface area (Å²) in [6.07, 6.45) is 2.25. The fourth-order valence-corrected chi connectivity index (χ4v) is 3.73. The van der Waals surface area contributed by atoms with Crippen molar-refractivity contribution in [3.05, 3.63) is 65.2 Å². The van der Waals surface area contributed by atoms with Gasteiger partial charge in [0.2, 0.25) is 0 Å². The van der Waals surface area contributed by atoms with Gasteiger partial charge in [0, 0.05) is 38.9 Å². The van der Waals surface area contributed by atoms with Crippen LogP contribution in [0.3, 0.4) is 0 Å². The van der Waals surface area contributed by atoms with E-state index < -0.39 is 0 Å². The highest BCUT2D eigenvalue weighted by Gasteiger charge is 2.17. The molecule has 4 nitrogen and oxygen atoms in total. The lowest BCUT2D eigenvalue weighted by Gasteiger charge is -2.31. The van der Waals surface area contributed by atoms with Crippen LogP contribution in [0, 0.1) is 0 Å². The number of hydrogen-bond acceptors (Lipinski definition) is 4. The van der Waals surface area contributed by atoms with Gasteiger partial charge in [0.15, 0.2) is 0 Å². The molecule has 0 aromatic heterocycles. The molecule has 0 saturated carbocycles. The summed E-state index contributed by atoms with van der Waals surface area (Å²) >= 11 is 0. The number of ether oxygens (including phenoxy) is 2. The molecule has 2 aromatic rings. The van der Waals surface area contributed by atoms with Gasteiger partial charge in [-0.3, -0.25) is 4.90 Å². The van der Waals surface area contributed by atoms with Crippen LogP contribution in [0.1, 0.15) is 49.3 Å². The Morgan fingerprint density at radius 3 is 2.48 bits per heavy atom. The van der Waals surface area contributed by atoms with Crippen LogP contribution in [0.5, 0.6) is 5.75 Å². The minimum absolute atomic E-state index is 0.580. The molecule has 2 aromatic carbocycles. The van der Waals surface area contributed by atoms with E-state index in [9.17, 15) is 0 Å². The Balaban J connectivity index is 1.39. The van der Waals surface area contributed by atoms with Crippen molar-refractivity contribution in [2.75, 3.05) is 33.4 Å². The van der Waals surface area contributed by atoms with Crippen molar-refractivity contribution in [3.63, 3.8) is 0 Å². The average molecular weight is 397 g/mol. The van der Waals surface area contributed by atoms with Crippen molar-refractivity contribution in [2.45, 2.75) is 51.7 Å². The van der Waals surface area contributed by atoms with E-state index in [4.69, 9.17) is 9.47 Å². The first-order chi connectivity index (χ1) is 14.1. The molecule has 0 aliphatic carbocycles. The molecule has 0 spiro atoms. The van der Waals surface area contributed by atoms with Gasteiger partial charge in [0.25, 0.3) is 0 Å². The lowest BCUT2D eigenvalue weighted by molar-refractivity contribution is 0.0392. The van der Waals surface area contributed by atoms with E-state index in [0.29, 0.717) is 18.6 Å². The van der Waals surface area contributed by atoms with Crippen LogP contribution in [-0.2, 0) is 17.8 Å². The second-order valence-corrected chi connectivity index (χ2v) is 8.32. The molecule has 0 amide bonds. The maximum Gasteiger partial charge on any atom is 0.119 e. The Morgan fingerprint density at radius 2 is 1.76 bits per heavy atom. The van der Waals surface area contributed by atoms with Crippen molar-refractivity contribution < 1.29 is 9.47 Å². The third-order valence-electron chi connectivity index (χ3n) is 5.73. The maximum atomic E-state index is 6.01. The second kappa shape index (κ2) is 11.3. The molecule has 1 aliphatic heterocycles. The van der Waals surface area contributed by atoms with Crippen molar-refractivity contribution in [1.82, 2.24) is 10.2 Å². The smallest absolute Gasteiger partial charge is 0.119 e. The van der Waals surface area contributed by atoms with Gasteiger partial charge in [-0.1, -0.05) is 50.2 Å². The molecule has 1 N–H and O–H groups in total. The van der Waals surface area contributed by atoms with E-state index in [1.165, 1.54) is 16.7 Å². The molecule has 0 atom stereocenters. The van der Waals surface area contributed by atoms with E-state index in [0.717, 1.165) is 51.4 Å². The zero-order valence-electron chi connectivity index (χ0n) is 18.2. The van der Waals surface area contributed by atoms with Crippen LogP contribution in [0.4, 0.5) is 0 Å². The monoisotopic (exact) mass is 396 g/mol. The molecule has 0 radical (unpaired) electrons. The summed E-state index contributed by atoms with van der Waals surface area (Å²) < 4.78 is 11.5. The summed E-state index contributed by atoms with van der Waals surface area (Å²) in [5.41, 5.74) is 3.96. The SMILES string of the molecule is CC(C)c1ccc(CNCc2cccc(OCCN(C)C3CCOCC3)c2)cc1. The molecule has 1 aliphatic rings. The molecule has 3 rings (SSSR count). The van der Waals surface area contributed by atoms with Crippen LogP contribution in [0.15, 0.2) is 48.5 Å². The third-order valence-corrected chi connectivity index (χ3v) is 5.73. The van der Waals surface area contributed by atoms with Gasteiger partial charge in [-0.05, 0) is 54.6 Å². The van der Waals surface area contributed by atoms with E-state index in [-0.39, 0.29) is 0 Å². The number of likely N-dealkylation sites (N-methyl/N-ethyl adjacent to an activating group) is 1. The van der Waals surface area contributed by atoms with Crippen molar-refractivity contribution in [3.8, 4) is 5.75 Å². The number of rotatable bonds is 10. The summed E-state index contributed by atoms with van der Waals surface area (Å²) in [6.45, 7) is 9.59. The normalized spacial score (nSPS) is 15.2. The quantitative estimate of drug-likeness (QED) is 0.637. The summed E-state index contributed by atoms with van der Waals surface area (Å²) in [7, 11) is 2.19. The highest BCUT2D eigenvalue weighted by atomic mass is 16.5. The van der Waals surface area contributed by atoms with Crippen LogP contribution < -0.4 is 10.1 Å². The Kier molecular flexibility index (Phi) is 8.53.